The average Bonchev–Trinajstić information content (AvgIpc) is 3.30. The van der Waals surface area contributed by atoms with Gasteiger partial charge in [0, 0.05) is 17.3 Å². The molecule has 1 aromatic heterocycles. The maximum Gasteiger partial charge on any atom is 0.340 e. The van der Waals surface area contributed by atoms with Crippen molar-refractivity contribution in [2.75, 3.05) is 18.6 Å². The molecule has 0 radical (unpaired) electrons. The van der Waals surface area contributed by atoms with Gasteiger partial charge >= 0.3 is 5.97 Å². The van der Waals surface area contributed by atoms with Crippen LogP contribution in [0.2, 0.25) is 0 Å². The van der Waals surface area contributed by atoms with Crippen molar-refractivity contribution in [2.24, 2.45) is 0 Å². The molecule has 1 atom stereocenters. The second-order valence-electron chi connectivity index (χ2n) is 6.25. The van der Waals surface area contributed by atoms with E-state index in [-0.39, 0.29) is 11.8 Å². The molecule has 0 bridgehead atoms. The summed E-state index contributed by atoms with van der Waals surface area (Å²) < 4.78 is 18.2. The average molecular weight is 355 g/mol. The summed E-state index contributed by atoms with van der Waals surface area (Å²) >= 11 is 1.96. The summed E-state index contributed by atoms with van der Waals surface area (Å²) in [6.45, 7) is 0. The molecule has 0 spiro atoms. The van der Waals surface area contributed by atoms with Crippen molar-refractivity contribution < 1.29 is 13.9 Å². The molecule has 1 fully saturated rings. The Labute approximate surface area is 149 Å². The Morgan fingerprint density at radius 2 is 2.04 bits per heavy atom. The van der Waals surface area contributed by atoms with Crippen LogP contribution < -0.4 is 0 Å². The Morgan fingerprint density at radius 1 is 1.24 bits per heavy atom. The van der Waals surface area contributed by atoms with Crippen LogP contribution in [0.1, 0.15) is 28.3 Å². The van der Waals surface area contributed by atoms with Gasteiger partial charge in [-0.25, -0.2) is 9.18 Å². The Hall–Kier alpha value is -2.27. The van der Waals surface area contributed by atoms with Crippen molar-refractivity contribution >= 4 is 28.6 Å². The second-order valence-corrected chi connectivity index (χ2v) is 7.40. The number of ether oxygens (including phenoxy) is 1. The molecule has 3 nitrogen and oxygen atoms in total. The molecule has 2 heterocycles. The van der Waals surface area contributed by atoms with Crippen molar-refractivity contribution in [1.29, 1.82) is 0 Å². The molecule has 5 heteroatoms. The number of esters is 1. The highest BCUT2D eigenvalue weighted by molar-refractivity contribution is 7.99. The van der Waals surface area contributed by atoms with Crippen LogP contribution >= 0.6 is 11.8 Å². The lowest BCUT2D eigenvalue weighted by Gasteiger charge is -2.10. The van der Waals surface area contributed by atoms with E-state index in [0.717, 1.165) is 34.2 Å². The molecule has 0 saturated carbocycles. The molecular formula is C20H18FNO2S. The second kappa shape index (κ2) is 6.56. The van der Waals surface area contributed by atoms with Crippen LogP contribution in [-0.2, 0) is 4.74 Å². The van der Waals surface area contributed by atoms with E-state index in [4.69, 9.17) is 4.74 Å². The number of hydrogen-bond donors (Lipinski definition) is 1. The van der Waals surface area contributed by atoms with E-state index >= 15 is 0 Å². The van der Waals surface area contributed by atoms with E-state index in [9.17, 15) is 9.18 Å². The maximum absolute atomic E-state index is 13.3. The van der Waals surface area contributed by atoms with Crippen LogP contribution in [0, 0.1) is 5.82 Å². The first-order valence-electron chi connectivity index (χ1n) is 8.24. The van der Waals surface area contributed by atoms with Gasteiger partial charge in [0.25, 0.3) is 0 Å². The fraction of sp³-hybridized carbons (Fsp3) is 0.250. The molecular weight excluding hydrogens is 337 g/mol. The van der Waals surface area contributed by atoms with Gasteiger partial charge in [0.05, 0.1) is 18.2 Å². The third kappa shape index (κ3) is 2.93. The van der Waals surface area contributed by atoms with Gasteiger partial charge in [-0.05, 0) is 59.0 Å². The van der Waals surface area contributed by atoms with Crippen LogP contribution in [0.3, 0.4) is 0 Å². The first-order valence-corrected chi connectivity index (χ1v) is 9.40. The quantitative estimate of drug-likeness (QED) is 0.674. The predicted molar refractivity (Wildman–Crippen MR) is 99.7 cm³/mol. The molecule has 0 aliphatic carbocycles. The smallest absolute Gasteiger partial charge is 0.340 e. The highest BCUT2D eigenvalue weighted by atomic mass is 32.2. The number of aromatic nitrogens is 1. The predicted octanol–water partition coefficient (Wildman–Crippen LogP) is 4.98. The summed E-state index contributed by atoms with van der Waals surface area (Å²) in [7, 11) is 1.39. The van der Waals surface area contributed by atoms with Crippen molar-refractivity contribution in [3.8, 4) is 11.1 Å². The molecule has 1 N–H and O–H groups in total. The Bertz CT molecular complexity index is 927. The molecule has 3 aromatic rings. The maximum atomic E-state index is 13.3. The zero-order valence-corrected chi connectivity index (χ0v) is 14.7. The monoisotopic (exact) mass is 355 g/mol. The Morgan fingerprint density at radius 3 is 2.72 bits per heavy atom. The topological polar surface area (TPSA) is 42.1 Å². The first kappa shape index (κ1) is 16.2. The number of fused-ring (bicyclic) bond motifs is 1. The van der Waals surface area contributed by atoms with Gasteiger partial charge < -0.3 is 9.72 Å². The SMILES string of the molecule is COC(=O)c1cc(-c2ccc(F)cc2)cc2c([C@H]3CCSC3)c[nH]c12. The highest BCUT2D eigenvalue weighted by Crippen LogP contribution is 2.38. The third-order valence-electron chi connectivity index (χ3n) is 4.77. The van der Waals surface area contributed by atoms with Crippen LogP contribution in [0.4, 0.5) is 4.39 Å². The standard InChI is InChI=1S/C20H18FNO2S/c1-24-20(23)17-9-14(12-2-4-15(21)5-3-12)8-16-18(10-22-19(16)17)13-6-7-25-11-13/h2-5,8-10,13,22H,6-7,11H2,1H3/t13-/m0/s1. The summed E-state index contributed by atoms with van der Waals surface area (Å²) in [5, 5.41) is 1.05. The van der Waals surface area contributed by atoms with Crippen LogP contribution in [-0.4, -0.2) is 29.6 Å². The molecule has 1 saturated heterocycles. The minimum Gasteiger partial charge on any atom is -0.465 e. The number of carbonyl (C=O) groups is 1. The molecule has 1 aliphatic heterocycles. The Kier molecular flexibility index (Phi) is 4.25. The van der Waals surface area contributed by atoms with E-state index < -0.39 is 0 Å². The molecule has 4 rings (SSSR count). The van der Waals surface area contributed by atoms with E-state index in [1.54, 1.807) is 12.1 Å². The van der Waals surface area contributed by atoms with Gasteiger partial charge in [0.2, 0.25) is 0 Å². The number of hydrogen-bond acceptors (Lipinski definition) is 3. The number of rotatable bonds is 3. The Balaban J connectivity index is 1.92. The van der Waals surface area contributed by atoms with Gasteiger partial charge in [-0.15, -0.1) is 0 Å². The minimum atomic E-state index is -0.372. The zero-order chi connectivity index (χ0) is 17.4. The van der Waals surface area contributed by atoms with Crippen molar-refractivity contribution in [3.05, 3.63) is 59.5 Å². The number of thioether (sulfide) groups is 1. The van der Waals surface area contributed by atoms with Crippen molar-refractivity contribution in [3.63, 3.8) is 0 Å². The lowest BCUT2D eigenvalue weighted by molar-refractivity contribution is 0.0603. The number of aromatic amines is 1. The summed E-state index contributed by atoms with van der Waals surface area (Å²) in [5.41, 5.74) is 4.33. The third-order valence-corrected chi connectivity index (χ3v) is 5.94. The van der Waals surface area contributed by atoms with Gasteiger partial charge in [0.15, 0.2) is 0 Å². The molecule has 0 amide bonds. The summed E-state index contributed by atoms with van der Waals surface area (Å²) in [6.07, 6.45) is 3.16. The van der Waals surface area contributed by atoms with Gasteiger partial charge in [-0.1, -0.05) is 12.1 Å². The number of halogens is 1. The van der Waals surface area contributed by atoms with Gasteiger partial charge in [-0.2, -0.15) is 11.8 Å². The lowest BCUT2D eigenvalue weighted by Crippen LogP contribution is -2.03. The van der Waals surface area contributed by atoms with Crippen molar-refractivity contribution in [2.45, 2.75) is 12.3 Å². The fourth-order valence-electron chi connectivity index (χ4n) is 3.45. The highest BCUT2D eigenvalue weighted by Gasteiger charge is 2.23. The number of carbonyl (C=O) groups excluding carboxylic acids is 1. The molecule has 0 unspecified atom stereocenters. The first-order chi connectivity index (χ1) is 12.2. The van der Waals surface area contributed by atoms with Gasteiger partial charge in [0.1, 0.15) is 5.82 Å². The number of nitrogens with one attached hydrogen (secondary N) is 1. The molecule has 2 aromatic carbocycles. The molecule has 25 heavy (non-hydrogen) atoms. The van der Waals surface area contributed by atoms with Crippen molar-refractivity contribution in [1.82, 2.24) is 4.98 Å². The number of methoxy groups -OCH3 is 1. The number of benzene rings is 2. The largest absolute Gasteiger partial charge is 0.465 e. The van der Waals surface area contributed by atoms with E-state index in [0.29, 0.717) is 11.5 Å². The summed E-state index contributed by atoms with van der Waals surface area (Å²) in [5.74, 6) is 2.11. The van der Waals surface area contributed by atoms with E-state index in [1.165, 1.54) is 30.6 Å². The number of H-pyrrole nitrogens is 1. The van der Waals surface area contributed by atoms with Gasteiger partial charge in [-0.3, -0.25) is 0 Å². The van der Waals surface area contributed by atoms with Crippen LogP contribution in [0.25, 0.3) is 22.0 Å². The van der Waals surface area contributed by atoms with Crippen LogP contribution in [0.5, 0.6) is 0 Å². The van der Waals surface area contributed by atoms with E-state index in [1.807, 2.05) is 24.0 Å². The zero-order valence-electron chi connectivity index (χ0n) is 13.8. The normalized spacial score (nSPS) is 17.1. The summed E-state index contributed by atoms with van der Waals surface area (Å²) in [4.78, 5) is 15.6. The van der Waals surface area contributed by atoms with Crippen LogP contribution in [0.15, 0.2) is 42.6 Å². The minimum absolute atomic E-state index is 0.275. The summed E-state index contributed by atoms with van der Waals surface area (Å²) in [6, 6.07) is 10.2. The fourth-order valence-corrected chi connectivity index (χ4v) is 4.70. The molecule has 1 aliphatic rings. The molecule has 128 valence electrons. The van der Waals surface area contributed by atoms with E-state index in [2.05, 4.69) is 11.1 Å². The lowest BCUT2D eigenvalue weighted by atomic mass is 9.94.